The van der Waals surface area contributed by atoms with Crippen LogP contribution in [0.3, 0.4) is 0 Å². The van der Waals surface area contributed by atoms with Crippen molar-refractivity contribution in [3.8, 4) is 11.5 Å². The van der Waals surface area contributed by atoms with Crippen molar-refractivity contribution in [2.45, 2.75) is 58.8 Å². The van der Waals surface area contributed by atoms with Crippen LogP contribution in [0.4, 0.5) is 5.69 Å². The Morgan fingerprint density at radius 2 is 1.81 bits per heavy atom. The molecular formula is C23H28N2O2. The van der Waals surface area contributed by atoms with Crippen molar-refractivity contribution >= 4 is 22.7 Å². The highest BCUT2D eigenvalue weighted by Crippen LogP contribution is 2.29. The van der Waals surface area contributed by atoms with Crippen LogP contribution in [0.2, 0.25) is 0 Å². The Kier molecular flexibility index (Phi) is 5.64. The van der Waals surface area contributed by atoms with Crippen LogP contribution in [-0.2, 0) is 10.2 Å². The van der Waals surface area contributed by atoms with Crippen molar-refractivity contribution < 1.29 is 9.21 Å². The van der Waals surface area contributed by atoms with Crippen LogP contribution in [0.5, 0.6) is 0 Å². The third-order valence-electron chi connectivity index (χ3n) is 4.68. The molecule has 0 fully saturated rings. The first kappa shape index (κ1) is 19.2. The standard InChI is InChI=1S/C23H28N2O2/c1-5-6-7-8-21(26)24-18-13-14-20-19(15-18)25-22(27-20)16-9-11-17(12-10-16)23(2,3)4/h9-15H,5-8H2,1-4H3,(H,24,26). The van der Waals surface area contributed by atoms with Gasteiger partial charge in [0.2, 0.25) is 11.8 Å². The molecule has 0 radical (unpaired) electrons. The van der Waals surface area contributed by atoms with Crippen molar-refractivity contribution in [3.63, 3.8) is 0 Å². The first-order chi connectivity index (χ1) is 12.9. The minimum atomic E-state index is 0.0456. The van der Waals surface area contributed by atoms with Gasteiger partial charge in [-0.25, -0.2) is 4.98 Å². The minimum Gasteiger partial charge on any atom is -0.436 e. The molecule has 1 amide bonds. The van der Waals surface area contributed by atoms with Gasteiger partial charge in [-0.3, -0.25) is 4.79 Å². The number of oxazole rings is 1. The lowest BCUT2D eigenvalue weighted by Crippen LogP contribution is -2.10. The van der Waals surface area contributed by atoms with E-state index in [-0.39, 0.29) is 11.3 Å². The average molecular weight is 364 g/mol. The molecule has 0 bridgehead atoms. The summed E-state index contributed by atoms with van der Waals surface area (Å²) >= 11 is 0. The van der Waals surface area contributed by atoms with E-state index < -0.39 is 0 Å². The van der Waals surface area contributed by atoms with Crippen LogP contribution in [-0.4, -0.2) is 10.9 Å². The van der Waals surface area contributed by atoms with Gasteiger partial charge in [0.25, 0.3) is 0 Å². The monoisotopic (exact) mass is 364 g/mol. The molecule has 4 heteroatoms. The maximum absolute atomic E-state index is 12.0. The van der Waals surface area contributed by atoms with Gasteiger partial charge < -0.3 is 9.73 Å². The summed E-state index contributed by atoms with van der Waals surface area (Å²) in [6.07, 6.45) is 3.66. The largest absolute Gasteiger partial charge is 0.436 e. The number of hydrogen-bond acceptors (Lipinski definition) is 3. The molecule has 1 heterocycles. The number of carbonyl (C=O) groups is 1. The number of aromatic nitrogens is 1. The van der Waals surface area contributed by atoms with Gasteiger partial charge in [-0.05, 0) is 47.7 Å². The third-order valence-corrected chi connectivity index (χ3v) is 4.68. The van der Waals surface area contributed by atoms with Gasteiger partial charge in [0.05, 0.1) is 0 Å². The Labute approximate surface area is 161 Å². The van der Waals surface area contributed by atoms with Crippen molar-refractivity contribution in [2.75, 3.05) is 5.32 Å². The molecular weight excluding hydrogens is 336 g/mol. The molecule has 0 saturated carbocycles. The molecule has 0 atom stereocenters. The zero-order chi connectivity index (χ0) is 19.4. The van der Waals surface area contributed by atoms with Crippen molar-refractivity contribution in [2.24, 2.45) is 0 Å². The summed E-state index contributed by atoms with van der Waals surface area (Å²) in [4.78, 5) is 16.6. The first-order valence-electron chi connectivity index (χ1n) is 9.68. The molecule has 2 aromatic carbocycles. The maximum atomic E-state index is 12.0. The second-order valence-electron chi connectivity index (χ2n) is 8.03. The fraction of sp³-hybridized carbons (Fsp3) is 0.391. The van der Waals surface area contributed by atoms with Crippen LogP contribution in [0.15, 0.2) is 46.9 Å². The number of anilines is 1. The van der Waals surface area contributed by atoms with Crippen LogP contribution in [0.25, 0.3) is 22.6 Å². The molecule has 0 aliphatic carbocycles. The number of unbranched alkanes of at least 4 members (excludes halogenated alkanes) is 2. The predicted octanol–water partition coefficient (Wildman–Crippen LogP) is 6.31. The molecule has 27 heavy (non-hydrogen) atoms. The van der Waals surface area contributed by atoms with E-state index in [1.54, 1.807) is 0 Å². The summed E-state index contributed by atoms with van der Waals surface area (Å²) in [7, 11) is 0. The Hall–Kier alpha value is -2.62. The second-order valence-corrected chi connectivity index (χ2v) is 8.03. The lowest BCUT2D eigenvalue weighted by atomic mass is 9.87. The molecule has 0 saturated heterocycles. The Balaban J connectivity index is 1.76. The molecule has 0 aliphatic rings. The quantitative estimate of drug-likeness (QED) is 0.521. The van der Waals surface area contributed by atoms with E-state index in [1.807, 2.05) is 30.3 Å². The lowest BCUT2D eigenvalue weighted by molar-refractivity contribution is -0.116. The van der Waals surface area contributed by atoms with Crippen molar-refractivity contribution in [1.29, 1.82) is 0 Å². The van der Waals surface area contributed by atoms with E-state index in [4.69, 9.17) is 4.42 Å². The van der Waals surface area contributed by atoms with Gasteiger partial charge in [0.1, 0.15) is 5.52 Å². The van der Waals surface area contributed by atoms with Crippen LogP contribution in [0.1, 0.15) is 58.9 Å². The summed E-state index contributed by atoms with van der Waals surface area (Å²) in [5, 5.41) is 2.95. The molecule has 0 spiro atoms. The Morgan fingerprint density at radius 1 is 1.07 bits per heavy atom. The summed E-state index contributed by atoms with van der Waals surface area (Å²) in [5.74, 6) is 0.640. The van der Waals surface area contributed by atoms with Gasteiger partial charge >= 0.3 is 0 Å². The summed E-state index contributed by atoms with van der Waals surface area (Å²) < 4.78 is 5.90. The summed E-state index contributed by atoms with van der Waals surface area (Å²) in [5.41, 5.74) is 4.56. The Bertz CT molecular complexity index is 918. The number of nitrogens with zero attached hydrogens (tertiary/aromatic N) is 1. The molecule has 0 unspecified atom stereocenters. The van der Waals surface area contributed by atoms with Gasteiger partial charge in [-0.15, -0.1) is 0 Å². The topological polar surface area (TPSA) is 55.1 Å². The molecule has 1 aromatic heterocycles. The fourth-order valence-corrected chi connectivity index (χ4v) is 3.00. The number of fused-ring (bicyclic) bond motifs is 1. The molecule has 4 nitrogen and oxygen atoms in total. The summed E-state index contributed by atoms with van der Waals surface area (Å²) in [6.45, 7) is 8.71. The molecule has 3 aromatic rings. The lowest BCUT2D eigenvalue weighted by Gasteiger charge is -2.18. The summed E-state index contributed by atoms with van der Waals surface area (Å²) in [6, 6.07) is 13.9. The molecule has 3 rings (SSSR count). The number of benzene rings is 2. The highest BCUT2D eigenvalue weighted by Gasteiger charge is 2.15. The van der Waals surface area contributed by atoms with E-state index in [9.17, 15) is 4.79 Å². The van der Waals surface area contributed by atoms with E-state index in [2.05, 4.69) is 50.1 Å². The highest BCUT2D eigenvalue weighted by atomic mass is 16.3. The van der Waals surface area contributed by atoms with E-state index in [0.29, 0.717) is 17.9 Å². The van der Waals surface area contributed by atoms with Gasteiger partial charge in [0.15, 0.2) is 5.58 Å². The minimum absolute atomic E-state index is 0.0456. The van der Waals surface area contributed by atoms with Gasteiger partial charge in [-0.1, -0.05) is 52.7 Å². The number of carbonyl (C=O) groups excluding carboxylic acids is 1. The van der Waals surface area contributed by atoms with E-state index >= 15 is 0 Å². The Morgan fingerprint density at radius 3 is 2.48 bits per heavy atom. The van der Waals surface area contributed by atoms with E-state index in [1.165, 1.54) is 5.56 Å². The average Bonchev–Trinajstić information content (AvgIpc) is 3.04. The predicted molar refractivity (Wildman–Crippen MR) is 111 cm³/mol. The van der Waals surface area contributed by atoms with Crippen molar-refractivity contribution in [1.82, 2.24) is 4.98 Å². The molecule has 1 N–H and O–H groups in total. The van der Waals surface area contributed by atoms with Crippen LogP contribution < -0.4 is 5.32 Å². The maximum Gasteiger partial charge on any atom is 0.227 e. The normalized spacial score (nSPS) is 11.7. The number of rotatable bonds is 6. The number of amides is 1. The highest BCUT2D eigenvalue weighted by molar-refractivity contribution is 5.93. The SMILES string of the molecule is CCCCCC(=O)Nc1ccc2oc(-c3ccc(C(C)(C)C)cc3)nc2c1. The number of nitrogens with one attached hydrogen (secondary N) is 1. The first-order valence-corrected chi connectivity index (χ1v) is 9.68. The van der Waals surface area contributed by atoms with Gasteiger partial charge in [0, 0.05) is 17.7 Å². The van der Waals surface area contributed by atoms with Crippen LogP contribution in [0, 0.1) is 0 Å². The van der Waals surface area contributed by atoms with Gasteiger partial charge in [-0.2, -0.15) is 0 Å². The number of hydrogen-bond donors (Lipinski definition) is 1. The molecule has 142 valence electrons. The van der Waals surface area contributed by atoms with Crippen LogP contribution >= 0.6 is 0 Å². The fourth-order valence-electron chi connectivity index (χ4n) is 3.00. The third kappa shape index (κ3) is 4.76. The van der Waals surface area contributed by atoms with Crippen molar-refractivity contribution in [3.05, 3.63) is 48.0 Å². The molecule has 0 aliphatic heterocycles. The zero-order valence-corrected chi connectivity index (χ0v) is 16.6. The zero-order valence-electron chi connectivity index (χ0n) is 16.6. The smallest absolute Gasteiger partial charge is 0.227 e. The van der Waals surface area contributed by atoms with E-state index in [0.717, 1.165) is 36.0 Å². The second kappa shape index (κ2) is 7.95.